The number of hydrogen-bond donors (Lipinski definition) is 2. The molecule has 1 aliphatic heterocycles. The topological polar surface area (TPSA) is 44.4 Å². The Balaban J connectivity index is 1.75. The molecule has 2 atom stereocenters. The first-order chi connectivity index (χ1) is 11.6. The van der Waals surface area contributed by atoms with Crippen molar-refractivity contribution < 1.29 is 4.79 Å². The largest absolute Gasteiger partial charge is 0.352 e. The van der Waals surface area contributed by atoms with E-state index in [1.807, 2.05) is 7.05 Å². The van der Waals surface area contributed by atoms with Crippen LogP contribution >= 0.6 is 0 Å². The van der Waals surface area contributed by atoms with Crippen molar-refractivity contribution in [2.24, 2.45) is 11.8 Å². The van der Waals surface area contributed by atoms with Crippen molar-refractivity contribution >= 4 is 5.91 Å². The van der Waals surface area contributed by atoms with Gasteiger partial charge in [0.1, 0.15) is 0 Å². The monoisotopic (exact) mass is 331 g/mol. The van der Waals surface area contributed by atoms with Crippen LogP contribution in [0.5, 0.6) is 0 Å². The lowest BCUT2D eigenvalue weighted by molar-refractivity contribution is -0.121. The minimum atomic E-state index is 0.130. The highest BCUT2D eigenvalue weighted by molar-refractivity contribution is 5.75. The van der Waals surface area contributed by atoms with Gasteiger partial charge in [-0.2, -0.15) is 0 Å². The number of hydrogen-bond acceptors (Lipinski definition) is 3. The molecule has 134 valence electrons. The summed E-state index contributed by atoms with van der Waals surface area (Å²) in [6, 6.07) is 8.68. The molecule has 4 heteroatoms. The molecule has 0 spiro atoms. The summed E-state index contributed by atoms with van der Waals surface area (Å²) in [4.78, 5) is 14.3. The minimum Gasteiger partial charge on any atom is -0.352 e. The lowest BCUT2D eigenvalue weighted by Gasteiger charge is -2.35. The molecular weight excluding hydrogens is 298 g/mol. The average Bonchev–Trinajstić information content (AvgIpc) is 2.53. The van der Waals surface area contributed by atoms with Crippen molar-refractivity contribution in [1.29, 1.82) is 0 Å². The third-order valence-corrected chi connectivity index (χ3v) is 4.69. The molecule has 1 aliphatic rings. The number of nitrogens with one attached hydrogen (secondary N) is 2. The van der Waals surface area contributed by atoms with Crippen LogP contribution in [0.3, 0.4) is 0 Å². The SMILES string of the molecule is CNCCCC(=O)NCc1ccc(CN2CC(C)CC(C)C2)cc1. The van der Waals surface area contributed by atoms with E-state index < -0.39 is 0 Å². The van der Waals surface area contributed by atoms with Gasteiger partial charge in [0.2, 0.25) is 5.91 Å². The predicted molar refractivity (Wildman–Crippen MR) is 99.7 cm³/mol. The second-order valence-electron chi connectivity index (χ2n) is 7.44. The lowest BCUT2D eigenvalue weighted by Crippen LogP contribution is -2.38. The van der Waals surface area contributed by atoms with Gasteiger partial charge in [-0.25, -0.2) is 0 Å². The van der Waals surface area contributed by atoms with E-state index in [0.717, 1.165) is 31.3 Å². The molecule has 2 unspecified atom stereocenters. The smallest absolute Gasteiger partial charge is 0.220 e. The summed E-state index contributed by atoms with van der Waals surface area (Å²) in [6.07, 6.45) is 2.82. The average molecular weight is 332 g/mol. The number of benzene rings is 1. The number of nitrogens with zero attached hydrogens (tertiary/aromatic N) is 1. The van der Waals surface area contributed by atoms with E-state index in [2.05, 4.69) is 53.6 Å². The third kappa shape index (κ3) is 6.62. The van der Waals surface area contributed by atoms with E-state index >= 15 is 0 Å². The van der Waals surface area contributed by atoms with E-state index in [0.29, 0.717) is 13.0 Å². The zero-order chi connectivity index (χ0) is 17.4. The molecule has 1 amide bonds. The fraction of sp³-hybridized carbons (Fsp3) is 0.650. The molecular formula is C20H33N3O. The summed E-state index contributed by atoms with van der Waals surface area (Å²) in [5, 5.41) is 6.05. The number of carbonyl (C=O) groups excluding carboxylic acids is 1. The summed E-state index contributed by atoms with van der Waals surface area (Å²) in [7, 11) is 1.91. The van der Waals surface area contributed by atoms with Gasteiger partial charge < -0.3 is 10.6 Å². The number of amides is 1. The van der Waals surface area contributed by atoms with Crippen molar-refractivity contribution in [2.75, 3.05) is 26.7 Å². The Labute approximate surface area is 147 Å². The molecule has 1 aromatic carbocycles. The predicted octanol–water partition coefficient (Wildman–Crippen LogP) is 2.78. The molecule has 1 fully saturated rings. The van der Waals surface area contributed by atoms with Gasteiger partial charge in [0.15, 0.2) is 0 Å². The Hall–Kier alpha value is -1.39. The van der Waals surface area contributed by atoms with Crippen LogP contribution in [0.15, 0.2) is 24.3 Å². The molecule has 0 radical (unpaired) electrons. The van der Waals surface area contributed by atoms with Crippen molar-refractivity contribution in [1.82, 2.24) is 15.5 Å². The zero-order valence-electron chi connectivity index (χ0n) is 15.5. The summed E-state index contributed by atoms with van der Waals surface area (Å²) in [6.45, 7) is 9.65. The Kier molecular flexibility index (Phi) is 7.73. The maximum Gasteiger partial charge on any atom is 0.220 e. The molecule has 2 N–H and O–H groups in total. The highest BCUT2D eigenvalue weighted by Crippen LogP contribution is 2.22. The third-order valence-electron chi connectivity index (χ3n) is 4.69. The Morgan fingerprint density at radius 1 is 1.12 bits per heavy atom. The van der Waals surface area contributed by atoms with Crippen LogP contribution in [0.1, 0.15) is 44.2 Å². The quantitative estimate of drug-likeness (QED) is 0.720. The number of piperidine rings is 1. The fourth-order valence-electron chi connectivity index (χ4n) is 3.66. The second-order valence-corrected chi connectivity index (χ2v) is 7.44. The van der Waals surface area contributed by atoms with Crippen LogP contribution in [0.2, 0.25) is 0 Å². The van der Waals surface area contributed by atoms with Gasteiger partial charge in [-0.15, -0.1) is 0 Å². The van der Waals surface area contributed by atoms with Gasteiger partial charge in [-0.05, 0) is 49.4 Å². The first-order valence-electron chi connectivity index (χ1n) is 9.28. The van der Waals surface area contributed by atoms with Crippen molar-refractivity contribution in [3.05, 3.63) is 35.4 Å². The summed E-state index contributed by atoms with van der Waals surface area (Å²) in [5.74, 6) is 1.72. The maximum atomic E-state index is 11.7. The van der Waals surface area contributed by atoms with E-state index in [4.69, 9.17) is 0 Å². The first-order valence-corrected chi connectivity index (χ1v) is 9.28. The Morgan fingerprint density at radius 3 is 2.38 bits per heavy atom. The van der Waals surface area contributed by atoms with Crippen LogP contribution < -0.4 is 10.6 Å². The van der Waals surface area contributed by atoms with Crippen molar-refractivity contribution in [3.63, 3.8) is 0 Å². The second kappa shape index (κ2) is 9.80. The maximum absolute atomic E-state index is 11.7. The molecule has 1 aromatic rings. The zero-order valence-corrected chi connectivity index (χ0v) is 15.5. The van der Waals surface area contributed by atoms with Gasteiger partial charge in [0, 0.05) is 32.6 Å². The molecule has 1 heterocycles. The highest BCUT2D eigenvalue weighted by Gasteiger charge is 2.21. The van der Waals surface area contributed by atoms with Gasteiger partial charge in [-0.3, -0.25) is 9.69 Å². The van der Waals surface area contributed by atoms with Gasteiger partial charge in [0.25, 0.3) is 0 Å². The van der Waals surface area contributed by atoms with E-state index in [-0.39, 0.29) is 5.91 Å². The normalized spacial score (nSPS) is 21.6. The van der Waals surface area contributed by atoms with Crippen molar-refractivity contribution in [3.8, 4) is 0 Å². The highest BCUT2D eigenvalue weighted by atomic mass is 16.1. The van der Waals surface area contributed by atoms with Gasteiger partial charge in [0.05, 0.1) is 0 Å². The summed E-state index contributed by atoms with van der Waals surface area (Å²) >= 11 is 0. The van der Waals surface area contributed by atoms with Crippen LogP contribution in [0, 0.1) is 11.8 Å². The first kappa shape index (κ1) is 18.9. The molecule has 0 bridgehead atoms. The fourth-order valence-corrected chi connectivity index (χ4v) is 3.66. The molecule has 4 nitrogen and oxygen atoms in total. The molecule has 2 rings (SSSR count). The Morgan fingerprint density at radius 2 is 1.75 bits per heavy atom. The standard InChI is InChI=1S/C20H33N3O/c1-16-11-17(2)14-23(13-16)15-19-8-6-18(7-9-19)12-22-20(24)5-4-10-21-3/h6-9,16-17,21H,4-5,10-15H2,1-3H3,(H,22,24). The van der Waals surface area contributed by atoms with Gasteiger partial charge >= 0.3 is 0 Å². The molecule has 0 aromatic heterocycles. The van der Waals surface area contributed by atoms with E-state index in [9.17, 15) is 4.79 Å². The van der Waals surface area contributed by atoms with Crippen LogP contribution in [0.25, 0.3) is 0 Å². The van der Waals surface area contributed by atoms with Crippen molar-refractivity contribution in [2.45, 2.75) is 46.2 Å². The summed E-state index contributed by atoms with van der Waals surface area (Å²) in [5.41, 5.74) is 2.53. The summed E-state index contributed by atoms with van der Waals surface area (Å²) < 4.78 is 0. The number of carbonyl (C=O) groups is 1. The molecule has 24 heavy (non-hydrogen) atoms. The number of likely N-dealkylation sites (tertiary alicyclic amines) is 1. The van der Waals surface area contributed by atoms with E-state index in [1.165, 1.54) is 30.6 Å². The lowest BCUT2D eigenvalue weighted by atomic mass is 9.91. The van der Waals surface area contributed by atoms with Crippen LogP contribution in [-0.2, 0) is 17.9 Å². The molecule has 1 saturated heterocycles. The molecule has 0 aliphatic carbocycles. The minimum absolute atomic E-state index is 0.130. The molecule has 0 saturated carbocycles. The Bertz CT molecular complexity index is 490. The van der Waals surface area contributed by atoms with Crippen LogP contribution in [0.4, 0.5) is 0 Å². The number of rotatable bonds is 8. The van der Waals surface area contributed by atoms with E-state index in [1.54, 1.807) is 0 Å². The van der Waals surface area contributed by atoms with Gasteiger partial charge in [-0.1, -0.05) is 38.1 Å². The van der Waals surface area contributed by atoms with Crippen LogP contribution in [-0.4, -0.2) is 37.5 Å².